The van der Waals surface area contributed by atoms with Gasteiger partial charge in [-0.3, -0.25) is 10.0 Å². The fourth-order valence-electron chi connectivity index (χ4n) is 2.15. The number of carbonyl (C=O) groups excluding carboxylic acids is 1. The van der Waals surface area contributed by atoms with Crippen LogP contribution in [-0.2, 0) is 0 Å². The van der Waals surface area contributed by atoms with E-state index < -0.39 is 5.91 Å². The third kappa shape index (κ3) is 2.30. The van der Waals surface area contributed by atoms with Crippen LogP contribution in [0.1, 0.15) is 10.4 Å². The number of benzene rings is 1. The quantitative estimate of drug-likeness (QED) is 0.503. The Balaban J connectivity index is 1.96. The molecule has 0 radical (unpaired) electrons. The first kappa shape index (κ1) is 13.1. The lowest BCUT2D eigenvalue weighted by atomic mass is 10.2. The van der Waals surface area contributed by atoms with Crippen LogP contribution < -0.4 is 10.4 Å². The van der Waals surface area contributed by atoms with Crippen molar-refractivity contribution in [3.8, 4) is 0 Å². The highest BCUT2D eigenvalue weighted by Gasteiger charge is 2.12. The molecule has 0 aliphatic carbocycles. The van der Waals surface area contributed by atoms with Gasteiger partial charge in [0.25, 0.3) is 5.91 Å². The van der Waals surface area contributed by atoms with Crippen LogP contribution in [-0.4, -0.2) is 33.1 Å². The fraction of sp³-hybridized carbons (Fsp3) is 0.0714. The number of aromatic nitrogens is 3. The molecule has 106 valence electrons. The van der Waals surface area contributed by atoms with Gasteiger partial charge < -0.3 is 9.88 Å². The van der Waals surface area contributed by atoms with E-state index in [0.717, 1.165) is 22.5 Å². The van der Waals surface area contributed by atoms with Crippen LogP contribution in [0.2, 0.25) is 0 Å². The summed E-state index contributed by atoms with van der Waals surface area (Å²) in [5.74, 6) is 0.222. The predicted octanol–water partition coefficient (Wildman–Crippen LogP) is 1.84. The van der Waals surface area contributed by atoms with Crippen molar-refractivity contribution in [2.24, 2.45) is 0 Å². The Bertz CT molecular complexity index is 781. The molecule has 0 bridgehead atoms. The van der Waals surface area contributed by atoms with Crippen LogP contribution >= 0.6 is 0 Å². The van der Waals surface area contributed by atoms with Gasteiger partial charge in [-0.25, -0.2) is 15.4 Å². The molecule has 0 aliphatic rings. The number of hydrogen-bond donors (Lipinski definition) is 3. The van der Waals surface area contributed by atoms with E-state index in [4.69, 9.17) is 5.21 Å². The zero-order chi connectivity index (χ0) is 14.8. The van der Waals surface area contributed by atoms with Gasteiger partial charge in [-0.1, -0.05) is 0 Å². The maximum absolute atomic E-state index is 11.3. The van der Waals surface area contributed by atoms with Crippen molar-refractivity contribution in [3.05, 3.63) is 48.4 Å². The summed E-state index contributed by atoms with van der Waals surface area (Å²) in [7, 11) is 1.88. The van der Waals surface area contributed by atoms with Gasteiger partial charge in [0, 0.05) is 24.5 Å². The van der Waals surface area contributed by atoms with E-state index in [2.05, 4.69) is 15.0 Å². The molecule has 0 saturated carbocycles. The highest BCUT2D eigenvalue weighted by atomic mass is 16.5. The number of nitrogens with one attached hydrogen (secondary N) is 2. The summed E-state index contributed by atoms with van der Waals surface area (Å²) < 4.78 is 0. The molecular weight excluding hydrogens is 270 g/mol. The van der Waals surface area contributed by atoms with E-state index in [1.54, 1.807) is 29.7 Å². The molecule has 2 heterocycles. The Hall–Kier alpha value is -2.93. The Labute approximate surface area is 120 Å². The lowest BCUT2D eigenvalue weighted by Crippen LogP contribution is -2.18. The Morgan fingerprint density at radius 1 is 1.24 bits per heavy atom. The average Bonchev–Trinajstić information content (AvgIpc) is 3.02. The first-order valence-corrected chi connectivity index (χ1v) is 6.27. The summed E-state index contributed by atoms with van der Waals surface area (Å²) in [6.45, 7) is 0. The standard InChI is InChI=1S/C14H13N5O2/c1-19(10-4-2-9(3-5-10)14(20)18-21)13-11-6-7-15-12(11)16-8-17-13/h2-8,21H,1H3,(H,18,20)(H,15,16,17). The topological polar surface area (TPSA) is 94.1 Å². The molecule has 3 N–H and O–H groups in total. The number of hydrogen-bond acceptors (Lipinski definition) is 5. The number of aromatic amines is 1. The van der Waals surface area contributed by atoms with E-state index in [0.29, 0.717) is 5.56 Å². The largest absolute Gasteiger partial charge is 0.346 e. The first-order chi connectivity index (χ1) is 10.2. The molecule has 3 aromatic rings. The molecule has 0 saturated heterocycles. The maximum Gasteiger partial charge on any atom is 0.274 e. The van der Waals surface area contributed by atoms with E-state index >= 15 is 0 Å². The van der Waals surface area contributed by atoms with Crippen molar-refractivity contribution >= 4 is 28.4 Å². The van der Waals surface area contributed by atoms with Gasteiger partial charge in [0.15, 0.2) is 0 Å². The smallest absolute Gasteiger partial charge is 0.274 e. The summed E-state index contributed by atoms with van der Waals surface area (Å²) in [5, 5.41) is 9.52. The average molecular weight is 283 g/mol. The monoisotopic (exact) mass is 283 g/mol. The number of carbonyl (C=O) groups is 1. The van der Waals surface area contributed by atoms with Gasteiger partial charge in [0.05, 0.1) is 5.39 Å². The molecule has 3 rings (SSSR count). The SMILES string of the molecule is CN(c1ccc(C(=O)NO)cc1)c1ncnc2[nH]ccc12. The van der Waals surface area contributed by atoms with Gasteiger partial charge in [0.2, 0.25) is 0 Å². The summed E-state index contributed by atoms with van der Waals surface area (Å²) in [4.78, 5) is 24.7. The summed E-state index contributed by atoms with van der Waals surface area (Å²) in [6.07, 6.45) is 3.31. The molecule has 7 nitrogen and oxygen atoms in total. The molecule has 1 amide bonds. The minimum atomic E-state index is -0.542. The molecule has 21 heavy (non-hydrogen) atoms. The minimum Gasteiger partial charge on any atom is -0.346 e. The van der Waals surface area contributed by atoms with Crippen molar-refractivity contribution in [2.75, 3.05) is 11.9 Å². The number of amides is 1. The second-order valence-corrected chi connectivity index (χ2v) is 4.48. The number of nitrogens with zero attached hydrogens (tertiary/aromatic N) is 3. The van der Waals surface area contributed by atoms with Gasteiger partial charge >= 0.3 is 0 Å². The Morgan fingerprint density at radius 2 is 2.00 bits per heavy atom. The van der Waals surface area contributed by atoms with Crippen molar-refractivity contribution in [2.45, 2.75) is 0 Å². The molecule has 0 unspecified atom stereocenters. The zero-order valence-electron chi connectivity index (χ0n) is 11.2. The highest BCUT2D eigenvalue weighted by molar-refractivity contribution is 5.94. The summed E-state index contributed by atoms with van der Waals surface area (Å²) >= 11 is 0. The number of anilines is 2. The molecule has 0 fully saturated rings. The van der Waals surface area contributed by atoms with Gasteiger partial charge in [-0.15, -0.1) is 0 Å². The number of H-pyrrole nitrogens is 1. The number of rotatable bonds is 3. The summed E-state index contributed by atoms with van der Waals surface area (Å²) in [5.41, 5.74) is 3.62. The Kier molecular flexibility index (Phi) is 3.25. The molecule has 1 aromatic carbocycles. The van der Waals surface area contributed by atoms with E-state index in [9.17, 15) is 4.79 Å². The molecule has 2 aromatic heterocycles. The molecule has 0 spiro atoms. The predicted molar refractivity (Wildman–Crippen MR) is 77.6 cm³/mol. The van der Waals surface area contributed by atoms with Crippen molar-refractivity contribution in [3.63, 3.8) is 0 Å². The van der Waals surface area contributed by atoms with Gasteiger partial charge in [-0.2, -0.15) is 0 Å². The van der Waals surface area contributed by atoms with E-state index in [1.165, 1.54) is 6.33 Å². The van der Waals surface area contributed by atoms with Crippen LogP contribution in [0.5, 0.6) is 0 Å². The molecule has 0 aliphatic heterocycles. The van der Waals surface area contributed by atoms with Crippen LogP contribution in [0, 0.1) is 0 Å². The van der Waals surface area contributed by atoms with Crippen LogP contribution in [0.15, 0.2) is 42.9 Å². The zero-order valence-corrected chi connectivity index (χ0v) is 11.2. The van der Waals surface area contributed by atoms with Gasteiger partial charge in [-0.05, 0) is 30.3 Å². The van der Waals surface area contributed by atoms with Crippen molar-refractivity contribution in [1.29, 1.82) is 0 Å². The maximum atomic E-state index is 11.3. The van der Waals surface area contributed by atoms with Crippen LogP contribution in [0.3, 0.4) is 0 Å². The summed E-state index contributed by atoms with van der Waals surface area (Å²) in [6, 6.07) is 8.74. The van der Waals surface area contributed by atoms with E-state index in [1.807, 2.05) is 24.2 Å². The normalized spacial score (nSPS) is 10.6. The minimum absolute atomic E-state index is 0.379. The van der Waals surface area contributed by atoms with Crippen LogP contribution in [0.4, 0.5) is 11.5 Å². The molecular formula is C14H13N5O2. The number of hydroxylamine groups is 1. The van der Waals surface area contributed by atoms with Crippen molar-refractivity contribution in [1.82, 2.24) is 20.4 Å². The highest BCUT2D eigenvalue weighted by Crippen LogP contribution is 2.27. The van der Waals surface area contributed by atoms with Crippen molar-refractivity contribution < 1.29 is 10.0 Å². The Morgan fingerprint density at radius 3 is 2.71 bits per heavy atom. The van der Waals surface area contributed by atoms with Crippen LogP contribution in [0.25, 0.3) is 11.0 Å². The van der Waals surface area contributed by atoms with E-state index in [-0.39, 0.29) is 0 Å². The lowest BCUT2D eigenvalue weighted by Gasteiger charge is -2.19. The molecule has 7 heteroatoms. The third-order valence-electron chi connectivity index (χ3n) is 3.27. The molecule has 0 atom stereocenters. The third-order valence-corrected chi connectivity index (χ3v) is 3.27. The van der Waals surface area contributed by atoms with Gasteiger partial charge in [0.1, 0.15) is 17.8 Å². The number of fused-ring (bicyclic) bond motifs is 1. The second-order valence-electron chi connectivity index (χ2n) is 4.48. The fourth-order valence-corrected chi connectivity index (χ4v) is 2.15. The lowest BCUT2D eigenvalue weighted by molar-refractivity contribution is 0.0706. The second kappa shape index (κ2) is 5.22. The first-order valence-electron chi connectivity index (χ1n) is 6.27.